The second-order valence-electron chi connectivity index (χ2n) is 4.50. The van der Waals surface area contributed by atoms with Gasteiger partial charge in [-0.15, -0.1) is 0 Å². The van der Waals surface area contributed by atoms with E-state index in [0.29, 0.717) is 0 Å². The Morgan fingerprint density at radius 2 is 2.06 bits per heavy atom. The van der Waals surface area contributed by atoms with Crippen LogP contribution in [-0.2, 0) is 4.74 Å². The molecule has 0 aliphatic heterocycles. The van der Waals surface area contributed by atoms with Gasteiger partial charge in [-0.3, -0.25) is 5.32 Å². The van der Waals surface area contributed by atoms with Gasteiger partial charge in [-0.1, -0.05) is 13.8 Å². The molecule has 1 unspecified atom stereocenters. The number of nitrogens with one attached hydrogen (secondary N) is 1. The predicted molar refractivity (Wildman–Crippen MR) is 70.9 cm³/mol. The van der Waals surface area contributed by atoms with E-state index in [1.807, 2.05) is 13.8 Å². The van der Waals surface area contributed by atoms with E-state index in [1.165, 1.54) is 0 Å². The lowest BCUT2D eigenvalue weighted by Crippen LogP contribution is -2.41. The second kappa shape index (κ2) is 9.41. The fourth-order valence-electron chi connectivity index (χ4n) is 1.88. The highest BCUT2D eigenvalue weighted by atomic mass is 16.5. The SMILES string of the molecule is CCNC(C)(C#N)CCCN(CC)CCOC. The molecule has 4 nitrogen and oxygen atoms in total. The summed E-state index contributed by atoms with van der Waals surface area (Å²) >= 11 is 0. The number of likely N-dealkylation sites (N-methyl/N-ethyl adjacent to an activating group) is 1. The number of rotatable bonds is 10. The van der Waals surface area contributed by atoms with E-state index in [2.05, 4.69) is 23.2 Å². The van der Waals surface area contributed by atoms with Crippen LogP contribution in [0.2, 0.25) is 0 Å². The van der Waals surface area contributed by atoms with Crippen LogP contribution in [0.25, 0.3) is 0 Å². The van der Waals surface area contributed by atoms with E-state index in [9.17, 15) is 0 Å². The fourth-order valence-corrected chi connectivity index (χ4v) is 1.88. The predicted octanol–water partition coefficient (Wildman–Crippen LogP) is 1.63. The lowest BCUT2D eigenvalue weighted by molar-refractivity contribution is 0.148. The third-order valence-electron chi connectivity index (χ3n) is 3.02. The minimum Gasteiger partial charge on any atom is -0.383 e. The van der Waals surface area contributed by atoms with Crippen molar-refractivity contribution >= 4 is 0 Å². The van der Waals surface area contributed by atoms with Gasteiger partial charge < -0.3 is 9.64 Å². The number of nitrogens with zero attached hydrogens (tertiary/aromatic N) is 2. The molecule has 0 amide bonds. The molecule has 0 fully saturated rings. The smallest absolute Gasteiger partial charge is 0.103 e. The first-order valence-corrected chi connectivity index (χ1v) is 6.49. The highest BCUT2D eigenvalue weighted by Gasteiger charge is 2.21. The van der Waals surface area contributed by atoms with Gasteiger partial charge in [0.1, 0.15) is 5.54 Å². The zero-order valence-electron chi connectivity index (χ0n) is 11.8. The van der Waals surface area contributed by atoms with Crippen LogP contribution in [0.4, 0.5) is 0 Å². The molecule has 0 aromatic rings. The molecule has 1 atom stereocenters. The van der Waals surface area contributed by atoms with Gasteiger partial charge in [0, 0.05) is 13.7 Å². The topological polar surface area (TPSA) is 48.3 Å². The van der Waals surface area contributed by atoms with Crippen molar-refractivity contribution < 1.29 is 4.74 Å². The molecule has 0 bridgehead atoms. The minimum absolute atomic E-state index is 0.380. The van der Waals surface area contributed by atoms with Crippen LogP contribution >= 0.6 is 0 Å². The Kier molecular flexibility index (Phi) is 9.06. The van der Waals surface area contributed by atoms with Crippen LogP contribution in [0.3, 0.4) is 0 Å². The lowest BCUT2D eigenvalue weighted by Gasteiger charge is -2.25. The van der Waals surface area contributed by atoms with Crippen LogP contribution in [0.15, 0.2) is 0 Å². The zero-order chi connectivity index (χ0) is 13.1. The number of hydrogen-bond donors (Lipinski definition) is 1. The molecule has 17 heavy (non-hydrogen) atoms. The molecule has 0 aliphatic carbocycles. The standard InChI is InChI=1S/C13H27N3O/c1-5-15-13(3,12-14)8-7-9-16(6-2)10-11-17-4/h15H,5-11H2,1-4H3. The molecule has 4 heteroatoms. The first-order valence-electron chi connectivity index (χ1n) is 6.49. The molecular formula is C13H27N3O. The van der Waals surface area contributed by atoms with Crippen LogP contribution in [0, 0.1) is 11.3 Å². The molecule has 0 aliphatic rings. The van der Waals surface area contributed by atoms with Crippen molar-refractivity contribution in [2.45, 2.75) is 39.2 Å². The summed E-state index contributed by atoms with van der Waals surface area (Å²) in [6.45, 7) is 10.8. The van der Waals surface area contributed by atoms with Crippen molar-refractivity contribution in [1.29, 1.82) is 5.26 Å². The molecular weight excluding hydrogens is 214 g/mol. The van der Waals surface area contributed by atoms with Crippen molar-refractivity contribution in [3.8, 4) is 6.07 Å². The Bertz CT molecular complexity index is 227. The van der Waals surface area contributed by atoms with E-state index >= 15 is 0 Å². The summed E-state index contributed by atoms with van der Waals surface area (Å²) in [5.41, 5.74) is -0.380. The molecule has 0 heterocycles. The van der Waals surface area contributed by atoms with Gasteiger partial charge in [-0.2, -0.15) is 5.26 Å². The van der Waals surface area contributed by atoms with E-state index in [-0.39, 0.29) is 5.54 Å². The minimum atomic E-state index is -0.380. The monoisotopic (exact) mass is 241 g/mol. The van der Waals surface area contributed by atoms with E-state index < -0.39 is 0 Å². The quantitative estimate of drug-likeness (QED) is 0.631. The van der Waals surface area contributed by atoms with E-state index in [0.717, 1.165) is 45.6 Å². The molecule has 0 aromatic heterocycles. The first-order chi connectivity index (χ1) is 8.11. The third-order valence-corrected chi connectivity index (χ3v) is 3.02. The highest BCUT2D eigenvalue weighted by molar-refractivity contribution is 5.03. The Morgan fingerprint density at radius 3 is 2.53 bits per heavy atom. The average Bonchev–Trinajstić information content (AvgIpc) is 2.34. The first kappa shape index (κ1) is 16.4. The molecule has 100 valence electrons. The maximum absolute atomic E-state index is 9.13. The molecule has 0 radical (unpaired) electrons. The largest absolute Gasteiger partial charge is 0.383 e. The molecule has 0 spiro atoms. The normalized spacial score (nSPS) is 14.6. The van der Waals surface area contributed by atoms with Gasteiger partial charge in [0.05, 0.1) is 12.7 Å². The van der Waals surface area contributed by atoms with Crippen LogP contribution in [0.5, 0.6) is 0 Å². The summed E-state index contributed by atoms with van der Waals surface area (Å²) < 4.78 is 5.07. The summed E-state index contributed by atoms with van der Waals surface area (Å²) in [6.07, 6.45) is 1.93. The maximum Gasteiger partial charge on any atom is 0.103 e. The van der Waals surface area contributed by atoms with Crippen molar-refractivity contribution in [1.82, 2.24) is 10.2 Å². The number of methoxy groups -OCH3 is 1. The van der Waals surface area contributed by atoms with Gasteiger partial charge in [0.15, 0.2) is 0 Å². The summed E-state index contributed by atoms with van der Waals surface area (Å²) in [5, 5.41) is 12.4. The molecule has 1 N–H and O–H groups in total. The van der Waals surface area contributed by atoms with Crippen molar-refractivity contribution in [2.24, 2.45) is 0 Å². The maximum atomic E-state index is 9.13. The summed E-state index contributed by atoms with van der Waals surface area (Å²) in [7, 11) is 1.73. The Morgan fingerprint density at radius 1 is 1.35 bits per heavy atom. The third kappa shape index (κ3) is 7.32. The van der Waals surface area contributed by atoms with Gasteiger partial charge in [0.25, 0.3) is 0 Å². The van der Waals surface area contributed by atoms with Crippen LogP contribution in [0.1, 0.15) is 33.6 Å². The number of ether oxygens (including phenoxy) is 1. The molecule has 0 rings (SSSR count). The Balaban J connectivity index is 3.90. The van der Waals surface area contributed by atoms with E-state index in [1.54, 1.807) is 7.11 Å². The fraction of sp³-hybridized carbons (Fsp3) is 0.923. The zero-order valence-corrected chi connectivity index (χ0v) is 11.8. The van der Waals surface area contributed by atoms with Crippen molar-refractivity contribution in [3.63, 3.8) is 0 Å². The molecule has 0 aromatic carbocycles. The summed E-state index contributed by atoms with van der Waals surface area (Å²) in [6, 6.07) is 2.36. The number of nitriles is 1. The Hall–Kier alpha value is -0.630. The van der Waals surface area contributed by atoms with Gasteiger partial charge in [0.2, 0.25) is 0 Å². The van der Waals surface area contributed by atoms with Gasteiger partial charge >= 0.3 is 0 Å². The van der Waals surface area contributed by atoms with E-state index in [4.69, 9.17) is 10.00 Å². The van der Waals surface area contributed by atoms with Gasteiger partial charge in [-0.25, -0.2) is 0 Å². The molecule has 0 saturated heterocycles. The van der Waals surface area contributed by atoms with Crippen molar-refractivity contribution in [2.75, 3.05) is 39.9 Å². The summed E-state index contributed by atoms with van der Waals surface area (Å²) in [5.74, 6) is 0. The lowest BCUT2D eigenvalue weighted by atomic mass is 9.97. The van der Waals surface area contributed by atoms with Crippen LogP contribution < -0.4 is 5.32 Å². The van der Waals surface area contributed by atoms with Crippen LogP contribution in [-0.4, -0.2) is 50.3 Å². The Labute approximate surface area is 106 Å². The summed E-state index contributed by atoms with van der Waals surface area (Å²) in [4.78, 5) is 2.35. The highest BCUT2D eigenvalue weighted by Crippen LogP contribution is 2.11. The number of hydrogen-bond acceptors (Lipinski definition) is 4. The second-order valence-corrected chi connectivity index (χ2v) is 4.50. The molecule has 0 saturated carbocycles. The van der Waals surface area contributed by atoms with Crippen molar-refractivity contribution in [3.05, 3.63) is 0 Å². The van der Waals surface area contributed by atoms with Gasteiger partial charge in [-0.05, 0) is 39.4 Å². The average molecular weight is 241 g/mol.